The summed E-state index contributed by atoms with van der Waals surface area (Å²) in [6, 6.07) is 0. The summed E-state index contributed by atoms with van der Waals surface area (Å²) in [4.78, 5) is 20.7. The average Bonchev–Trinajstić information content (AvgIpc) is 3.02. The van der Waals surface area contributed by atoms with Crippen molar-refractivity contribution in [3.8, 4) is 0 Å². The highest BCUT2D eigenvalue weighted by Crippen LogP contribution is 2.12. The fourth-order valence-electron chi connectivity index (χ4n) is 2.58. The Hall–Kier alpha value is -1.47. The summed E-state index contributed by atoms with van der Waals surface area (Å²) < 4.78 is 5.17. The van der Waals surface area contributed by atoms with Crippen LogP contribution in [-0.4, -0.2) is 69.8 Å². The van der Waals surface area contributed by atoms with Crippen LogP contribution in [0.2, 0.25) is 0 Å². The zero-order chi connectivity index (χ0) is 16.8. The first kappa shape index (κ1) is 17.9. The van der Waals surface area contributed by atoms with Crippen LogP contribution in [0.3, 0.4) is 0 Å². The molecule has 7 nitrogen and oxygen atoms in total. The minimum atomic E-state index is -0.273. The van der Waals surface area contributed by atoms with E-state index in [1.165, 1.54) is 0 Å². The topological polar surface area (TPSA) is 82.7 Å². The third-order valence-electron chi connectivity index (χ3n) is 4.22. The van der Waals surface area contributed by atoms with Gasteiger partial charge in [-0.3, -0.25) is 9.69 Å². The molecule has 1 aliphatic rings. The van der Waals surface area contributed by atoms with E-state index in [4.69, 9.17) is 4.52 Å². The van der Waals surface area contributed by atoms with Crippen molar-refractivity contribution < 1.29 is 14.4 Å². The number of hydrogen-bond donors (Lipinski definition) is 1. The first-order valence-corrected chi connectivity index (χ1v) is 8.50. The lowest BCUT2D eigenvalue weighted by Gasteiger charge is -2.35. The number of amides is 1. The van der Waals surface area contributed by atoms with Crippen LogP contribution in [0.5, 0.6) is 0 Å². The largest absolute Gasteiger partial charge is 0.392 e. The van der Waals surface area contributed by atoms with Gasteiger partial charge in [-0.2, -0.15) is 4.98 Å². The highest BCUT2D eigenvalue weighted by molar-refractivity contribution is 5.76. The zero-order valence-corrected chi connectivity index (χ0v) is 14.4. The Bertz CT molecular complexity index is 495. The molecule has 1 aromatic rings. The van der Waals surface area contributed by atoms with Crippen molar-refractivity contribution in [1.82, 2.24) is 19.9 Å². The molecule has 1 amide bonds. The predicted octanol–water partition coefficient (Wildman–Crippen LogP) is 1.04. The predicted molar refractivity (Wildman–Crippen MR) is 86.0 cm³/mol. The van der Waals surface area contributed by atoms with Crippen molar-refractivity contribution in [2.75, 3.05) is 32.7 Å². The van der Waals surface area contributed by atoms with Gasteiger partial charge in [0.15, 0.2) is 5.82 Å². The van der Waals surface area contributed by atoms with Crippen LogP contribution >= 0.6 is 0 Å². The third-order valence-corrected chi connectivity index (χ3v) is 4.22. The van der Waals surface area contributed by atoms with Crippen molar-refractivity contribution in [3.63, 3.8) is 0 Å². The molecule has 130 valence electrons. The molecule has 1 atom stereocenters. The van der Waals surface area contributed by atoms with E-state index in [0.29, 0.717) is 31.1 Å². The molecule has 1 fully saturated rings. The molecule has 0 bridgehead atoms. The molecule has 0 aromatic carbocycles. The second kappa shape index (κ2) is 8.40. The lowest BCUT2D eigenvalue weighted by molar-refractivity contribution is -0.133. The number of aryl methyl sites for hydroxylation is 1. The van der Waals surface area contributed by atoms with Crippen molar-refractivity contribution in [3.05, 3.63) is 11.7 Å². The summed E-state index contributed by atoms with van der Waals surface area (Å²) in [6.45, 7) is 9.77. The maximum absolute atomic E-state index is 12.3. The minimum Gasteiger partial charge on any atom is -0.392 e. The lowest BCUT2D eigenvalue weighted by atomic mass is 10.2. The Morgan fingerprint density at radius 1 is 1.30 bits per heavy atom. The monoisotopic (exact) mass is 324 g/mol. The van der Waals surface area contributed by atoms with Gasteiger partial charge < -0.3 is 14.5 Å². The highest BCUT2D eigenvalue weighted by atomic mass is 16.5. The molecule has 0 radical (unpaired) electrons. The molecule has 23 heavy (non-hydrogen) atoms. The Labute approximate surface area is 137 Å². The van der Waals surface area contributed by atoms with Crippen LogP contribution in [0.4, 0.5) is 0 Å². The van der Waals surface area contributed by atoms with Crippen molar-refractivity contribution in [2.24, 2.45) is 0 Å². The summed E-state index contributed by atoms with van der Waals surface area (Å²) in [5, 5.41) is 13.6. The fraction of sp³-hybridized carbons (Fsp3) is 0.812. The molecule has 1 aliphatic heterocycles. The first-order chi connectivity index (χ1) is 11.0. The molecule has 7 heteroatoms. The number of β-amino-alcohol motifs (C(OH)–C–C–N with tert-alkyl or cyclic N) is 1. The van der Waals surface area contributed by atoms with E-state index < -0.39 is 0 Å². The molecular weight excluding hydrogens is 296 g/mol. The number of carbonyl (C=O) groups excluding carboxylic acids is 1. The van der Waals surface area contributed by atoms with Crippen LogP contribution in [-0.2, 0) is 11.2 Å². The molecule has 2 rings (SSSR count). The number of hydrogen-bond acceptors (Lipinski definition) is 6. The summed E-state index contributed by atoms with van der Waals surface area (Å²) >= 11 is 0. The van der Waals surface area contributed by atoms with E-state index in [-0.39, 0.29) is 17.9 Å². The highest BCUT2D eigenvalue weighted by Gasteiger charge is 2.22. The smallest absolute Gasteiger partial charge is 0.227 e. The fourth-order valence-corrected chi connectivity index (χ4v) is 2.58. The van der Waals surface area contributed by atoms with Crippen molar-refractivity contribution in [2.45, 2.75) is 52.1 Å². The number of aromatic nitrogens is 2. The van der Waals surface area contributed by atoms with Crippen LogP contribution in [0.15, 0.2) is 4.52 Å². The summed E-state index contributed by atoms with van der Waals surface area (Å²) in [6.07, 6.45) is 1.39. The van der Waals surface area contributed by atoms with Gasteiger partial charge in [-0.1, -0.05) is 25.9 Å². The molecule has 0 aliphatic carbocycles. The third kappa shape index (κ3) is 5.28. The van der Waals surface area contributed by atoms with E-state index in [1.54, 1.807) is 0 Å². The number of piperazine rings is 1. The van der Waals surface area contributed by atoms with Gasteiger partial charge in [0.2, 0.25) is 11.8 Å². The molecule has 1 saturated heterocycles. The first-order valence-electron chi connectivity index (χ1n) is 8.50. The Morgan fingerprint density at radius 2 is 2.00 bits per heavy atom. The van der Waals surface area contributed by atoms with E-state index in [1.807, 2.05) is 25.7 Å². The minimum absolute atomic E-state index is 0.130. The SMILES string of the molecule is CC[C@H](O)CN1CCN(C(=O)CCc2nc(C(C)C)no2)CC1. The van der Waals surface area contributed by atoms with Gasteiger partial charge in [0.05, 0.1) is 6.10 Å². The van der Waals surface area contributed by atoms with Crippen LogP contribution in [0, 0.1) is 0 Å². The summed E-state index contributed by atoms with van der Waals surface area (Å²) in [7, 11) is 0. The summed E-state index contributed by atoms with van der Waals surface area (Å²) in [5.41, 5.74) is 0. The number of aliphatic hydroxyl groups is 1. The Morgan fingerprint density at radius 3 is 2.57 bits per heavy atom. The second-order valence-corrected chi connectivity index (χ2v) is 6.44. The van der Waals surface area contributed by atoms with Crippen LogP contribution in [0.25, 0.3) is 0 Å². The average molecular weight is 324 g/mol. The molecule has 2 heterocycles. The van der Waals surface area contributed by atoms with Gasteiger partial charge in [0.25, 0.3) is 0 Å². The standard InChI is InChI=1S/C16H28N4O3/c1-4-13(21)11-19-7-9-20(10-8-19)15(22)6-5-14-17-16(12(2)3)18-23-14/h12-13,21H,4-11H2,1-3H3/t13-/m0/s1. The maximum atomic E-state index is 12.3. The molecule has 0 spiro atoms. The zero-order valence-electron chi connectivity index (χ0n) is 14.4. The van der Waals surface area contributed by atoms with Gasteiger partial charge in [-0.25, -0.2) is 0 Å². The quantitative estimate of drug-likeness (QED) is 0.807. The maximum Gasteiger partial charge on any atom is 0.227 e. The van der Waals surface area contributed by atoms with E-state index in [2.05, 4.69) is 15.0 Å². The normalized spacial score (nSPS) is 17.7. The Kier molecular flexibility index (Phi) is 6.53. The molecule has 1 N–H and O–H groups in total. The number of rotatable bonds is 7. The lowest BCUT2D eigenvalue weighted by Crippen LogP contribution is -2.50. The number of aliphatic hydroxyl groups excluding tert-OH is 1. The Balaban J connectivity index is 1.72. The summed E-state index contributed by atoms with van der Waals surface area (Å²) in [5.74, 6) is 1.59. The van der Waals surface area contributed by atoms with Crippen molar-refractivity contribution in [1.29, 1.82) is 0 Å². The van der Waals surface area contributed by atoms with E-state index in [0.717, 1.165) is 32.6 Å². The number of nitrogens with zero attached hydrogens (tertiary/aromatic N) is 4. The molecule has 1 aromatic heterocycles. The van der Waals surface area contributed by atoms with Crippen LogP contribution < -0.4 is 0 Å². The van der Waals surface area contributed by atoms with Crippen LogP contribution in [0.1, 0.15) is 51.2 Å². The van der Waals surface area contributed by atoms with E-state index >= 15 is 0 Å². The van der Waals surface area contributed by atoms with Gasteiger partial charge in [0.1, 0.15) is 0 Å². The van der Waals surface area contributed by atoms with Gasteiger partial charge in [-0.15, -0.1) is 0 Å². The molecule has 0 unspecified atom stereocenters. The van der Waals surface area contributed by atoms with Crippen molar-refractivity contribution >= 4 is 5.91 Å². The molecule has 0 saturated carbocycles. The van der Waals surface area contributed by atoms with E-state index in [9.17, 15) is 9.90 Å². The van der Waals surface area contributed by atoms with Gasteiger partial charge >= 0.3 is 0 Å². The number of carbonyl (C=O) groups is 1. The van der Waals surface area contributed by atoms with Gasteiger partial charge in [-0.05, 0) is 6.42 Å². The van der Waals surface area contributed by atoms with Gasteiger partial charge in [0, 0.05) is 51.5 Å². The second-order valence-electron chi connectivity index (χ2n) is 6.44. The molecular formula is C16H28N4O3.